The molecule has 2 fully saturated rings. The van der Waals surface area contributed by atoms with Crippen molar-refractivity contribution in [2.24, 2.45) is 5.41 Å². The monoisotopic (exact) mass is 319 g/mol. The highest BCUT2D eigenvalue weighted by Crippen LogP contribution is 2.45. The Hall–Kier alpha value is -1.78. The first-order valence-electron chi connectivity index (χ1n) is 8.53. The van der Waals surface area contributed by atoms with Crippen molar-refractivity contribution in [3.63, 3.8) is 0 Å². The number of hydrogen-bond donors (Lipinski definition) is 0. The molecule has 1 aliphatic carbocycles. The molecule has 0 unspecified atom stereocenters. The van der Waals surface area contributed by atoms with E-state index in [0.717, 1.165) is 50.8 Å². The molecule has 2 aliphatic rings. The van der Waals surface area contributed by atoms with E-state index in [9.17, 15) is 9.59 Å². The van der Waals surface area contributed by atoms with E-state index < -0.39 is 0 Å². The zero-order chi connectivity index (χ0) is 16.3. The minimum absolute atomic E-state index is 0.0501. The van der Waals surface area contributed by atoms with Crippen LogP contribution in [-0.4, -0.2) is 30.4 Å². The number of carbonyl (C=O) groups is 2. The van der Waals surface area contributed by atoms with Gasteiger partial charge >= 0.3 is 5.97 Å². The average molecular weight is 319 g/mol. The van der Waals surface area contributed by atoms with Crippen molar-refractivity contribution in [1.82, 2.24) is 4.90 Å². The second-order valence-electron chi connectivity index (χ2n) is 6.90. The van der Waals surface area contributed by atoms with Crippen molar-refractivity contribution in [3.05, 3.63) is 24.2 Å². The molecule has 2 heterocycles. The number of methoxy groups -OCH3 is 1. The minimum Gasteiger partial charge on any atom is -0.469 e. The third-order valence-electron chi connectivity index (χ3n) is 5.38. The van der Waals surface area contributed by atoms with Gasteiger partial charge in [0.15, 0.2) is 0 Å². The van der Waals surface area contributed by atoms with Crippen molar-refractivity contribution in [2.75, 3.05) is 13.7 Å². The number of rotatable bonds is 5. The Labute approximate surface area is 137 Å². The molecular formula is C18H25NO4. The van der Waals surface area contributed by atoms with E-state index in [1.165, 1.54) is 7.11 Å². The van der Waals surface area contributed by atoms with Crippen LogP contribution in [0.3, 0.4) is 0 Å². The molecule has 5 nitrogen and oxygen atoms in total. The highest BCUT2D eigenvalue weighted by atomic mass is 16.5. The first kappa shape index (κ1) is 16.1. The summed E-state index contributed by atoms with van der Waals surface area (Å²) in [6, 6.07) is 3.86. The quantitative estimate of drug-likeness (QED) is 0.780. The lowest BCUT2D eigenvalue weighted by Gasteiger charge is -2.31. The van der Waals surface area contributed by atoms with Gasteiger partial charge in [-0.3, -0.25) is 9.59 Å². The molecule has 0 bridgehead atoms. The van der Waals surface area contributed by atoms with Gasteiger partial charge < -0.3 is 14.1 Å². The lowest BCUT2D eigenvalue weighted by atomic mass is 9.79. The van der Waals surface area contributed by atoms with Gasteiger partial charge in [-0.1, -0.05) is 12.8 Å². The summed E-state index contributed by atoms with van der Waals surface area (Å²) in [5.74, 6) is 0.808. The number of nitrogens with zero attached hydrogens (tertiary/aromatic N) is 1. The van der Waals surface area contributed by atoms with Gasteiger partial charge in [0.05, 0.1) is 25.8 Å². The fourth-order valence-corrected chi connectivity index (χ4v) is 4.18. The second-order valence-corrected chi connectivity index (χ2v) is 6.90. The van der Waals surface area contributed by atoms with E-state index >= 15 is 0 Å². The molecule has 5 heteroatoms. The van der Waals surface area contributed by atoms with E-state index in [-0.39, 0.29) is 23.3 Å². The Morgan fingerprint density at radius 3 is 2.74 bits per heavy atom. The predicted octanol–water partition coefficient (Wildman–Crippen LogP) is 3.46. The Balaban J connectivity index is 1.70. The van der Waals surface area contributed by atoms with Crippen molar-refractivity contribution in [3.8, 4) is 0 Å². The van der Waals surface area contributed by atoms with Crippen molar-refractivity contribution in [2.45, 2.75) is 57.4 Å². The molecule has 1 aliphatic heterocycles. The number of hydrogen-bond acceptors (Lipinski definition) is 4. The summed E-state index contributed by atoms with van der Waals surface area (Å²) in [5, 5.41) is 0. The second kappa shape index (κ2) is 6.77. The van der Waals surface area contributed by atoms with Gasteiger partial charge in [0.25, 0.3) is 0 Å². The lowest BCUT2D eigenvalue weighted by molar-refractivity contribution is -0.144. The highest BCUT2D eigenvalue weighted by molar-refractivity contribution is 5.79. The van der Waals surface area contributed by atoms with E-state index in [4.69, 9.17) is 9.15 Å². The smallest absolute Gasteiger partial charge is 0.306 e. The first-order chi connectivity index (χ1) is 11.1. The number of ether oxygens (including phenoxy) is 1. The Morgan fingerprint density at radius 2 is 2.09 bits per heavy atom. The third-order valence-corrected chi connectivity index (χ3v) is 5.38. The van der Waals surface area contributed by atoms with Gasteiger partial charge in [0.1, 0.15) is 5.76 Å². The summed E-state index contributed by atoms with van der Waals surface area (Å²) >= 11 is 0. The Kier molecular flexibility index (Phi) is 4.74. The zero-order valence-corrected chi connectivity index (χ0v) is 13.8. The molecule has 1 atom stereocenters. The van der Waals surface area contributed by atoms with Crippen LogP contribution in [0.4, 0.5) is 0 Å². The van der Waals surface area contributed by atoms with Crippen LogP contribution in [0.25, 0.3) is 0 Å². The van der Waals surface area contributed by atoms with Crippen LogP contribution < -0.4 is 0 Å². The van der Waals surface area contributed by atoms with E-state index in [1.807, 2.05) is 17.0 Å². The van der Waals surface area contributed by atoms with Gasteiger partial charge in [-0.15, -0.1) is 0 Å². The van der Waals surface area contributed by atoms with Crippen LogP contribution in [0, 0.1) is 5.41 Å². The van der Waals surface area contributed by atoms with Crippen LogP contribution in [0.1, 0.15) is 63.2 Å². The van der Waals surface area contributed by atoms with Gasteiger partial charge in [-0.05, 0) is 43.2 Å². The van der Waals surface area contributed by atoms with Gasteiger partial charge in [0.2, 0.25) is 5.91 Å². The molecule has 0 aromatic carbocycles. The molecule has 0 N–H and O–H groups in total. The molecular weight excluding hydrogens is 294 g/mol. The van der Waals surface area contributed by atoms with Gasteiger partial charge in [0, 0.05) is 13.0 Å². The highest BCUT2D eigenvalue weighted by Gasteiger charge is 2.41. The molecule has 1 aromatic rings. The molecule has 1 saturated heterocycles. The van der Waals surface area contributed by atoms with Crippen LogP contribution in [-0.2, 0) is 14.3 Å². The Bertz CT molecular complexity index is 545. The van der Waals surface area contributed by atoms with Gasteiger partial charge in [-0.25, -0.2) is 0 Å². The maximum atomic E-state index is 12.9. The lowest BCUT2D eigenvalue weighted by Crippen LogP contribution is -2.35. The largest absolute Gasteiger partial charge is 0.469 e. The normalized spacial score (nSPS) is 23.2. The maximum Gasteiger partial charge on any atom is 0.306 e. The molecule has 23 heavy (non-hydrogen) atoms. The van der Waals surface area contributed by atoms with Crippen LogP contribution in [0.2, 0.25) is 0 Å². The Morgan fingerprint density at radius 1 is 1.30 bits per heavy atom. The minimum atomic E-state index is -0.208. The summed E-state index contributed by atoms with van der Waals surface area (Å²) in [6.07, 6.45) is 8.46. The summed E-state index contributed by atoms with van der Waals surface area (Å²) in [4.78, 5) is 26.6. The fourth-order valence-electron chi connectivity index (χ4n) is 4.18. The van der Waals surface area contributed by atoms with Crippen molar-refractivity contribution >= 4 is 11.9 Å². The summed E-state index contributed by atoms with van der Waals surface area (Å²) in [6.45, 7) is 0.776. The molecule has 1 saturated carbocycles. The molecule has 1 amide bonds. The number of esters is 1. The number of carbonyl (C=O) groups excluding carboxylic acids is 2. The number of amides is 1. The van der Waals surface area contributed by atoms with Crippen LogP contribution in [0.5, 0.6) is 0 Å². The molecule has 0 spiro atoms. The van der Waals surface area contributed by atoms with Crippen molar-refractivity contribution in [1.29, 1.82) is 0 Å². The topological polar surface area (TPSA) is 59.8 Å². The summed E-state index contributed by atoms with van der Waals surface area (Å²) in [7, 11) is 1.42. The standard InChI is InChI=1S/C18H25NO4/c1-22-17(21)13-18(8-2-3-9-18)12-16(20)19-10-4-6-14(19)15-7-5-11-23-15/h5,7,11,14H,2-4,6,8-10,12-13H2,1H3/t14-/m0/s1. The van der Waals surface area contributed by atoms with E-state index in [2.05, 4.69) is 0 Å². The van der Waals surface area contributed by atoms with Gasteiger partial charge in [-0.2, -0.15) is 0 Å². The summed E-state index contributed by atoms with van der Waals surface area (Å²) in [5.41, 5.74) is -0.208. The average Bonchev–Trinajstić information content (AvgIpc) is 3.27. The zero-order valence-electron chi connectivity index (χ0n) is 13.8. The SMILES string of the molecule is COC(=O)CC1(CC(=O)N2CCC[C@H]2c2ccco2)CCCC1. The molecule has 1 aromatic heterocycles. The predicted molar refractivity (Wildman–Crippen MR) is 84.5 cm³/mol. The maximum absolute atomic E-state index is 12.9. The van der Waals surface area contributed by atoms with E-state index in [1.54, 1.807) is 6.26 Å². The number of likely N-dealkylation sites (tertiary alicyclic amines) is 1. The molecule has 126 valence electrons. The summed E-state index contributed by atoms with van der Waals surface area (Å²) < 4.78 is 10.4. The molecule has 3 rings (SSSR count). The van der Waals surface area contributed by atoms with Crippen molar-refractivity contribution < 1.29 is 18.7 Å². The van der Waals surface area contributed by atoms with Crippen LogP contribution in [0.15, 0.2) is 22.8 Å². The first-order valence-corrected chi connectivity index (χ1v) is 8.53. The third kappa shape index (κ3) is 3.43. The number of furan rings is 1. The fraction of sp³-hybridized carbons (Fsp3) is 0.667. The van der Waals surface area contributed by atoms with Crippen LogP contribution >= 0.6 is 0 Å². The molecule has 0 radical (unpaired) electrons. The van der Waals surface area contributed by atoms with E-state index in [0.29, 0.717) is 12.8 Å².